The summed E-state index contributed by atoms with van der Waals surface area (Å²) in [5.41, 5.74) is 4.82. The van der Waals surface area contributed by atoms with Gasteiger partial charge in [-0.25, -0.2) is 0 Å². The van der Waals surface area contributed by atoms with Crippen LogP contribution in [0.15, 0.2) is 0 Å². The second-order valence-electron chi connectivity index (χ2n) is 1.43. The number of carbonyl (C=O) groups is 1. The Hall–Kier alpha value is -0.220. The predicted octanol–water partition coefficient (Wildman–Crippen LogP) is 0.385. The minimum atomic E-state index is -0.360. The highest BCUT2D eigenvalue weighted by atomic mass is 32.2. The smallest absolute Gasteiger partial charge is 0.276 e. The fourth-order valence-corrected chi connectivity index (χ4v) is 0.820. The third-order valence-electron chi connectivity index (χ3n) is 0.695. The van der Waals surface area contributed by atoms with E-state index in [0.717, 1.165) is 18.2 Å². The lowest BCUT2D eigenvalue weighted by molar-refractivity contribution is 0.267. The molecular formula is C5H10NO2S. The Balaban J connectivity index is 2.83. The molecule has 0 aliphatic rings. The lowest BCUT2D eigenvalue weighted by Crippen LogP contribution is -2.03. The van der Waals surface area contributed by atoms with Crippen LogP contribution in [0.3, 0.4) is 0 Å². The van der Waals surface area contributed by atoms with Crippen molar-refractivity contribution in [3.63, 3.8) is 0 Å². The molecule has 0 spiro atoms. The highest BCUT2D eigenvalue weighted by Gasteiger charge is 1.92. The van der Waals surface area contributed by atoms with Gasteiger partial charge in [0, 0.05) is 12.4 Å². The number of amides is 1. The zero-order chi connectivity index (χ0) is 7.11. The van der Waals surface area contributed by atoms with Crippen molar-refractivity contribution >= 4 is 17.0 Å². The standard InChI is InChI=1S/C5H10NO2S/c6-5(8)9-4-2-1-3-7/h1,7H,2-4H2,(H2,6,8). The van der Waals surface area contributed by atoms with E-state index in [-0.39, 0.29) is 11.8 Å². The number of carbonyl (C=O) groups excluding carboxylic acids is 1. The Bertz CT molecular complexity index is 87.0. The van der Waals surface area contributed by atoms with Crippen LogP contribution in [0.4, 0.5) is 4.79 Å². The van der Waals surface area contributed by atoms with Gasteiger partial charge in [0.2, 0.25) is 0 Å². The molecule has 0 saturated carbocycles. The predicted molar refractivity (Wildman–Crippen MR) is 38.0 cm³/mol. The summed E-state index contributed by atoms with van der Waals surface area (Å²) in [4.78, 5) is 10.1. The number of unbranched alkanes of at least 4 members (excludes halogenated alkanes) is 1. The monoisotopic (exact) mass is 148 g/mol. The quantitative estimate of drug-likeness (QED) is 0.567. The van der Waals surface area contributed by atoms with Crippen molar-refractivity contribution in [2.24, 2.45) is 5.73 Å². The summed E-state index contributed by atoms with van der Waals surface area (Å²) < 4.78 is 0. The molecule has 4 heteroatoms. The van der Waals surface area contributed by atoms with Gasteiger partial charge in [0.1, 0.15) is 0 Å². The summed E-state index contributed by atoms with van der Waals surface area (Å²) >= 11 is 1.07. The first-order chi connectivity index (χ1) is 4.27. The zero-order valence-electron chi connectivity index (χ0n) is 5.04. The molecule has 0 unspecified atom stereocenters. The number of hydrogen-bond donors (Lipinski definition) is 2. The molecule has 0 heterocycles. The van der Waals surface area contributed by atoms with Gasteiger partial charge in [-0.05, 0) is 12.8 Å². The van der Waals surface area contributed by atoms with Gasteiger partial charge in [-0.15, -0.1) is 0 Å². The first-order valence-electron chi connectivity index (χ1n) is 2.62. The van der Waals surface area contributed by atoms with Gasteiger partial charge in [-0.1, -0.05) is 11.8 Å². The third kappa shape index (κ3) is 7.78. The van der Waals surface area contributed by atoms with Crippen molar-refractivity contribution in [1.82, 2.24) is 0 Å². The Labute approximate surface area is 58.6 Å². The molecule has 0 aliphatic carbocycles. The van der Waals surface area contributed by atoms with Crippen LogP contribution in [-0.4, -0.2) is 22.7 Å². The van der Waals surface area contributed by atoms with E-state index in [1.54, 1.807) is 6.42 Å². The van der Waals surface area contributed by atoms with Crippen molar-refractivity contribution in [3.8, 4) is 0 Å². The molecule has 1 radical (unpaired) electrons. The van der Waals surface area contributed by atoms with Gasteiger partial charge < -0.3 is 10.8 Å². The number of aliphatic hydroxyl groups is 1. The summed E-state index contributed by atoms with van der Waals surface area (Å²) in [5.74, 6) is 0.663. The second-order valence-corrected chi connectivity index (χ2v) is 2.53. The maximum absolute atomic E-state index is 10.1. The molecule has 0 aliphatic heterocycles. The summed E-state index contributed by atoms with van der Waals surface area (Å²) in [6.07, 6.45) is 2.42. The van der Waals surface area contributed by atoms with Crippen LogP contribution in [0.2, 0.25) is 0 Å². The Morgan fingerprint density at radius 3 is 2.89 bits per heavy atom. The summed E-state index contributed by atoms with van der Waals surface area (Å²) in [6.45, 7) is 0.0688. The van der Waals surface area contributed by atoms with Gasteiger partial charge in [0.15, 0.2) is 0 Å². The molecule has 0 aromatic carbocycles. The Kier molecular flexibility index (Phi) is 5.76. The molecular weight excluding hydrogens is 138 g/mol. The van der Waals surface area contributed by atoms with E-state index in [1.165, 1.54) is 0 Å². The molecule has 0 rings (SSSR count). The van der Waals surface area contributed by atoms with E-state index in [9.17, 15) is 4.79 Å². The molecule has 0 saturated heterocycles. The SMILES string of the molecule is NC(=O)SCC[CH]CO. The maximum Gasteiger partial charge on any atom is 0.276 e. The summed E-state index contributed by atoms with van der Waals surface area (Å²) in [6, 6.07) is 0. The van der Waals surface area contributed by atoms with E-state index >= 15 is 0 Å². The highest BCUT2D eigenvalue weighted by molar-refractivity contribution is 8.13. The topological polar surface area (TPSA) is 63.3 Å². The fraction of sp³-hybridized carbons (Fsp3) is 0.600. The maximum atomic E-state index is 10.1. The van der Waals surface area contributed by atoms with Crippen LogP contribution in [0.1, 0.15) is 6.42 Å². The summed E-state index contributed by atoms with van der Waals surface area (Å²) in [5, 5.41) is 7.89. The van der Waals surface area contributed by atoms with Gasteiger partial charge in [-0.3, -0.25) is 4.79 Å². The van der Waals surface area contributed by atoms with Crippen LogP contribution < -0.4 is 5.73 Å². The van der Waals surface area contributed by atoms with Gasteiger partial charge >= 0.3 is 0 Å². The van der Waals surface area contributed by atoms with E-state index < -0.39 is 0 Å². The zero-order valence-corrected chi connectivity index (χ0v) is 5.86. The number of nitrogens with two attached hydrogens (primary N) is 1. The van der Waals surface area contributed by atoms with Crippen LogP contribution in [0.25, 0.3) is 0 Å². The van der Waals surface area contributed by atoms with E-state index in [0.29, 0.717) is 5.75 Å². The van der Waals surface area contributed by atoms with E-state index in [1.807, 2.05) is 0 Å². The molecule has 0 fully saturated rings. The number of aliphatic hydroxyl groups excluding tert-OH is 1. The van der Waals surface area contributed by atoms with E-state index in [2.05, 4.69) is 0 Å². The number of hydrogen-bond acceptors (Lipinski definition) is 3. The number of primary amides is 1. The normalized spacial score (nSPS) is 9.44. The molecule has 9 heavy (non-hydrogen) atoms. The van der Waals surface area contributed by atoms with Crippen molar-refractivity contribution in [3.05, 3.63) is 6.42 Å². The fourth-order valence-electron chi connectivity index (χ4n) is 0.334. The van der Waals surface area contributed by atoms with Crippen molar-refractivity contribution in [2.45, 2.75) is 6.42 Å². The first-order valence-corrected chi connectivity index (χ1v) is 3.60. The van der Waals surface area contributed by atoms with Gasteiger partial charge in [0.05, 0.1) is 0 Å². The van der Waals surface area contributed by atoms with Crippen molar-refractivity contribution < 1.29 is 9.90 Å². The average Bonchev–Trinajstić information content (AvgIpc) is 1.80. The first kappa shape index (κ1) is 8.78. The third-order valence-corrected chi connectivity index (χ3v) is 1.42. The lowest BCUT2D eigenvalue weighted by Gasteiger charge is -1.92. The van der Waals surface area contributed by atoms with Gasteiger partial charge in [0.25, 0.3) is 5.24 Å². The molecule has 0 atom stereocenters. The molecule has 3 nitrogen and oxygen atoms in total. The summed E-state index contributed by atoms with van der Waals surface area (Å²) in [7, 11) is 0. The Morgan fingerprint density at radius 1 is 1.78 bits per heavy atom. The second kappa shape index (κ2) is 5.91. The molecule has 53 valence electrons. The molecule has 0 aromatic rings. The minimum Gasteiger partial charge on any atom is -0.396 e. The number of rotatable bonds is 4. The highest BCUT2D eigenvalue weighted by Crippen LogP contribution is 2.01. The number of thioether (sulfide) groups is 1. The molecule has 0 aromatic heterocycles. The van der Waals surface area contributed by atoms with Crippen LogP contribution in [0, 0.1) is 6.42 Å². The minimum absolute atomic E-state index is 0.0688. The Morgan fingerprint density at radius 2 is 2.44 bits per heavy atom. The molecule has 0 bridgehead atoms. The van der Waals surface area contributed by atoms with Crippen molar-refractivity contribution in [1.29, 1.82) is 0 Å². The van der Waals surface area contributed by atoms with E-state index in [4.69, 9.17) is 10.8 Å². The van der Waals surface area contributed by atoms with Crippen LogP contribution in [0.5, 0.6) is 0 Å². The van der Waals surface area contributed by atoms with Crippen LogP contribution >= 0.6 is 11.8 Å². The average molecular weight is 148 g/mol. The molecule has 1 amide bonds. The largest absolute Gasteiger partial charge is 0.396 e. The van der Waals surface area contributed by atoms with Crippen molar-refractivity contribution in [2.75, 3.05) is 12.4 Å². The molecule has 3 N–H and O–H groups in total. The lowest BCUT2D eigenvalue weighted by atomic mass is 10.4. The van der Waals surface area contributed by atoms with Crippen LogP contribution in [-0.2, 0) is 0 Å². The van der Waals surface area contributed by atoms with Gasteiger partial charge in [-0.2, -0.15) is 0 Å².